The Hall–Kier alpha value is -3.10. The molecule has 4 rings (SSSR count). The highest BCUT2D eigenvalue weighted by atomic mass is 35.5. The number of halogens is 2. The first kappa shape index (κ1) is 21.1. The van der Waals surface area contributed by atoms with E-state index in [1.54, 1.807) is 24.7 Å². The van der Waals surface area contributed by atoms with E-state index in [-0.39, 0.29) is 6.10 Å². The summed E-state index contributed by atoms with van der Waals surface area (Å²) in [7, 11) is 1.93. The largest absolute Gasteiger partial charge is 0.362 e. The molecule has 1 heterocycles. The van der Waals surface area contributed by atoms with Crippen LogP contribution in [0.15, 0.2) is 79.3 Å². The Morgan fingerprint density at radius 1 is 1.00 bits per heavy atom. The first-order valence-corrected chi connectivity index (χ1v) is 10.4. The smallest absolute Gasteiger partial charge is 0.124 e. The van der Waals surface area contributed by atoms with Crippen LogP contribution in [0.4, 0.5) is 0 Å². The number of nitriles is 1. The Bertz CT molecular complexity index is 1230. The van der Waals surface area contributed by atoms with E-state index in [2.05, 4.69) is 11.1 Å². The molecule has 0 aliphatic heterocycles. The van der Waals surface area contributed by atoms with Crippen molar-refractivity contribution in [3.8, 4) is 17.2 Å². The van der Waals surface area contributed by atoms with Crippen molar-refractivity contribution in [3.63, 3.8) is 0 Å². The van der Waals surface area contributed by atoms with E-state index in [1.807, 2.05) is 66.2 Å². The van der Waals surface area contributed by atoms with Crippen LogP contribution in [0.2, 0.25) is 10.0 Å². The van der Waals surface area contributed by atoms with Gasteiger partial charge in [-0.15, -0.1) is 0 Å². The molecule has 1 aromatic heterocycles. The molecule has 4 aromatic rings. The third-order valence-electron chi connectivity index (χ3n) is 5.10. The Labute approximate surface area is 191 Å². The SMILES string of the molecule is Cn1cncc1C(OCc1ccc(Cl)cc1-c1ccc(Cl)cc1)c1ccc(C#N)cc1. The van der Waals surface area contributed by atoms with Crippen LogP contribution in [0.1, 0.15) is 28.5 Å². The maximum absolute atomic E-state index is 9.11. The number of nitrogens with zero attached hydrogens (tertiary/aromatic N) is 3. The second-order valence-corrected chi connectivity index (χ2v) is 8.04. The van der Waals surface area contributed by atoms with Crippen molar-refractivity contribution in [1.82, 2.24) is 9.55 Å². The van der Waals surface area contributed by atoms with Crippen molar-refractivity contribution in [2.24, 2.45) is 7.05 Å². The van der Waals surface area contributed by atoms with E-state index < -0.39 is 0 Å². The lowest BCUT2D eigenvalue weighted by molar-refractivity contribution is 0.0624. The van der Waals surface area contributed by atoms with Crippen molar-refractivity contribution >= 4 is 23.2 Å². The highest BCUT2D eigenvalue weighted by Crippen LogP contribution is 2.32. The Balaban J connectivity index is 1.67. The van der Waals surface area contributed by atoms with E-state index in [0.717, 1.165) is 27.9 Å². The fourth-order valence-corrected chi connectivity index (χ4v) is 3.75. The van der Waals surface area contributed by atoms with Gasteiger partial charge in [-0.3, -0.25) is 0 Å². The Kier molecular flexibility index (Phi) is 6.39. The normalized spacial score (nSPS) is 11.8. The lowest BCUT2D eigenvalue weighted by Gasteiger charge is -2.20. The van der Waals surface area contributed by atoms with Crippen molar-refractivity contribution in [1.29, 1.82) is 5.26 Å². The van der Waals surface area contributed by atoms with Crippen LogP contribution in [-0.4, -0.2) is 9.55 Å². The van der Waals surface area contributed by atoms with Crippen LogP contribution in [-0.2, 0) is 18.4 Å². The lowest BCUT2D eigenvalue weighted by Crippen LogP contribution is -2.11. The average molecular weight is 448 g/mol. The fourth-order valence-electron chi connectivity index (χ4n) is 3.45. The van der Waals surface area contributed by atoms with Gasteiger partial charge in [0.05, 0.1) is 36.5 Å². The molecule has 0 bridgehead atoms. The van der Waals surface area contributed by atoms with Gasteiger partial charge >= 0.3 is 0 Å². The lowest BCUT2D eigenvalue weighted by atomic mass is 10.00. The highest BCUT2D eigenvalue weighted by molar-refractivity contribution is 6.31. The molecule has 0 saturated carbocycles. The number of benzene rings is 3. The van der Waals surface area contributed by atoms with Gasteiger partial charge in [-0.1, -0.05) is 53.5 Å². The van der Waals surface area contributed by atoms with Gasteiger partial charge in [0, 0.05) is 17.1 Å². The van der Waals surface area contributed by atoms with Crippen molar-refractivity contribution in [2.45, 2.75) is 12.7 Å². The van der Waals surface area contributed by atoms with Gasteiger partial charge in [0.15, 0.2) is 0 Å². The number of rotatable bonds is 6. The molecule has 0 fully saturated rings. The molecule has 0 spiro atoms. The van der Waals surface area contributed by atoms with Crippen LogP contribution < -0.4 is 0 Å². The zero-order valence-electron chi connectivity index (χ0n) is 16.8. The van der Waals surface area contributed by atoms with E-state index in [4.69, 9.17) is 33.2 Å². The Morgan fingerprint density at radius 2 is 1.71 bits per heavy atom. The van der Waals surface area contributed by atoms with Gasteiger partial charge in [0.25, 0.3) is 0 Å². The fraction of sp³-hybridized carbons (Fsp3) is 0.120. The van der Waals surface area contributed by atoms with E-state index in [1.165, 1.54) is 0 Å². The van der Waals surface area contributed by atoms with Crippen LogP contribution in [0.5, 0.6) is 0 Å². The van der Waals surface area contributed by atoms with Crippen molar-refractivity contribution < 1.29 is 4.74 Å². The minimum atomic E-state index is -0.339. The average Bonchev–Trinajstić information content (AvgIpc) is 3.21. The molecule has 4 nitrogen and oxygen atoms in total. The summed E-state index contributed by atoms with van der Waals surface area (Å²) in [4.78, 5) is 4.24. The number of aryl methyl sites for hydroxylation is 1. The topological polar surface area (TPSA) is 50.8 Å². The molecule has 0 saturated heterocycles. The van der Waals surface area contributed by atoms with Gasteiger partial charge in [0.2, 0.25) is 0 Å². The summed E-state index contributed by atoms with van der Waals surface area (Å²) in [6.45, 7) is 0.366. The predicted octanol–water partition coefficient (Wildman–Crippen LogP) is 6.57. The van der Waals surface area contributed by atoms with Gasteiger partial charge in [0.1, 0.15) is 6.10 Å². The molecule has 3 aromatic carbocycles. The second kappa shape index (κ2) is 9.36. The molecule has 0 radical (unpaired) electrons. The molecule has 0 N–H and O–H groups in total. The number of hydrogen-bond donors (Lipinski definition) is 0. The number of ether oxygens (including phenoxy) is 1. The molecule has 154 valence electrons. The summed E-state index contributed by atoms with van der Waals surface area (Å²) in [5, 5.41) is 10.4. The molecule has 0 amide bonds. The van der Waals surface area contributed by atoms with E-state index in [9.17, 15) is 0 Å². The zero-order chi connectivity index (χ0) is 21.8. The summed E-state index contributed by atoms with van der Waals surface area (Å²) in [6.07, 6.45) is 3.20. The summed E-state index contributed by atoms with van der Waals surface area (Å²) < 4.78 is 8.36. The molecular weight excluding hydrogens is 429 g/mol. The molecule has 1 atom stereocenters. The molecule has 0 aliphatic carbocycles. The van der Waals surface area contributed by atoms with Gasteiger partial charge in [-0.2, -0.15) is 5.26 Å². The summed E-state index contributed by atoms with van der Waals surface area (Å²) in [5.41, 5.74) is 5.49. The van der Waals surface area contributed by atoms with E-state index >= 15 is 0 Å². The summed E-state index contributed by atoms with van der Waals surface area (Å²) in [6, 6.07) is 23.0. The van der Waals surface area contributed by atoms with Crippen LogP contribution >= 0.6 is 23.2 Å². The number of imidazole rings is 1. The van der Waals surface area contributed by atoms with Crippen molar-refractivity contribution in [2.75, 3.05) is 0 Å². The monoisotopic (exact) mass is 447 g/mol. The van der Waals surface area contributed by atoms with Crippen LogP contribution in [0, 0.1) is 11.3 Å². The predicted molar refractivity (Wildman–Crippen MR) is 123 cm³/mol. The quantitative estimate of drug-likeness (QED) is 0.335. The third kappa shape index (κ3) is 4.81. The highest BCUT2D eigenvalue weighted by Gasteiger charge is 2.19. The minimum absolute atomic E-state index is 0.339. The van der Waals surface area contributed by atoms with Gasteiger partial charge in [-0.25, -0.2) is 4.98 Å². The first-order valence-electron chi connectivity index (χ1n) is 9.67. The summed E-state index contributed by atoms with van der Waals surface area (Å²) >= 11 is 12.3. The molecular formula is C25H19Cl2N3O. The number of aromatic nitrogens is 2. The maximum atomic E-state index is 9.11. The van der Waals surface area contributed by atoms with Crippen LogP contribution in [0.3, 0.4) is 0 Å². The van der Waals surface area contributed by atoms with Gasteiger partial charge in [-0.05, 0) is 58.7 Å². The molecule has 1 unspecified atom stereocenters. The second-order valence-electron chi connectivity index (χ2n) is 7.16. The van der Waals surface area contributed by atoms with Gasteiger partial charge < -0.3 is 9.30 Å². The summed E-state index contributed by atoms with van der Waals surface area (Å²) in [5.74, 6) is 0. The first-order chi connectivity index (χ1) is 15.0. The molecule has 31 heavy (non-hydrogen) atoms. The maximum Gasteiger partial charge on any atom is 0.124 e. The van der Waals surface area contributed by atoms with Crippen LogP contribution in [0.25, 0.3) is 11.1 Å². The standard InChI is InChI=1S/C25H19Cl2N3O/c1-30-16-29-14-24(30)25(19-4-2-17(13-28)3-5-19)31-15-20-8-11-22(27)12-23(20)18-6-9-21(26)10-7-18/h2-12,14,16,25H,15H2,1H3. The Morgan fingerprint density at radius 3 is 2.35 bits per heavy atom. The van der Waals surface area contributed by atoms with Crippen molar-refractivity contribution in [3.05, 3.63) is 112 Å². The zero-order valence-corrected chi connectivity index (χ0v) is 18.3. The molecule has 0 aliphatic rings. The third-order valence-corrected chi connectivity index (χ3v) is 5.58. The molecule has 6 heteroatoms. The minimum Gasteiger partial charge on any atom is -0.362 e. The van der Waals surface area contributed by atoms with E-state index in [0.29, 0.717) is 22.2 Å². The number of hydrogen-bond acceptors (Lipinski definition) is 3.